The van der Waals surface area contributed by atoms with Gasteiger partial charge in [0.25, 0.3) is 0 Å². The van der Waals surface area contributed by atoms with Gasteiger partial charge in [-0.05, 0) is 36.8 Å². The van der Waals surface area contributed by atoms with Crippen molar-refractivity contribution >= 4 is 40.0 Å². The van der Waals surface area contributed by atoms with E-state index in [9.17, 15) is 4.79 Å². The van der Waals surface area contributed by atoms with Crippen molar-refractivity contribution in [2.45, 2.75) is 26.2 Å². The number of anilines is 1. The number of benzene rings is 1. The van der Waals surface area contributed by atoms with Crippen LogP contribution in [0.2, 0.25) is 5.02 Å². The molecule has 3 aromatic heterocycles. The maximum absolute atomic E-state index is 12.2. The minimum absolute atomic E-state index is 0.107. The molecule has 0 unspecified atom stereocenters. The van der Waals surface area contributed by atoms with Crippen LogP contribution in [0.5, 0.6) is 0 Å². The molecule has 0 saturated carbocycles. The lowest BCUT2D eigenvalue weighted by Crippen LogP contribution is -2.15. The van der Waals surface area contributed by atoms with E-state index in [1.165, 1.54) is 4.52 Å². The van der Waals surface area contributed by atoms with Gasteiger partial charge in [-0.25, -0.2) is 9.97 Å². The molecule has 0 bridgehead atoms. The third-order valence-corrected chi connectivity index (χ3v) is 4.22. The summed E-state index contributed by atoms with van der Waals surface area (Å²) < 4.78 is 6.90. The first-order chi connectivity index (χ1) is 12.7. The third-order valence-electron chi connectivity index (χ3n) is 3.98. The number of hydrogen-bond acceptors (Lipinski definition) is 5. The van der Waals surface area contributed by atoms with Crippen LogP contribution in [-0.4, -0.2) is 25.5 Å². The summed E-state index contributed by atoms with van der Waals surface area (Å²) in [5.74, 6) is 1.16. The molecule has 0 aliphatic heterocycles. The highest BCUT2D eigenvalue weighted by Gasteiger charge is 2.17. The predicted molar refractivity (Wildman–Crippen MR) is 99.2 cm³/mol. The summed E-state index contributed by atoms with van der Waals surface area (Å²) in [5, 5.41) is 8.61. The van der Waals surface area contributed by atoms with Crippen LogP contribution in [-0.2, 0) is 4.79 Å². The molecule has 0 aliphatic rings. The molecule has 0 fully saturated rings. The van der Waals surface area contributed by atoms with Crippen LogP contribution < -0.4 is 5.32 Å². The number of rotatable bonds is 5. The molecule has 8 heteroatoms. The van der Waals surface area contributed by atoms with Crippen molar-refractivity contribution in [3.05, 3.63) is 41.6 Å². The van der Waals surface area contributed by atoms with Crippen molar-refractivity contribution in [3.63, 3.8) is 0 Å². The van der Waals surface area contributed by atoms with Gasteiger partial charge in [0.2, 0.25) is 17.7 Å². The lowest BCUT2D eigenvalue weighted by Gasteiger charge is -2.08. The van der Waals surface area contributed by atoms with Crippen molar-refractivity contribution in [3.8, 4) is 11.6 Å². The highest BCUT2D eigenvalue weighted by atomic mass is 35.5. The molecule has 3 heterocycles. The number of fused-ring (bicyclic) bond motifs is 3. The maximum Gasteiger partial charge on any atom is 0.233 e. The van der Waals surface area contributed by atoms with Gasteiger partial charge < -0.3 is 4.42 Å². The number of nitrogens with one attached hydrogen (secondary N) is 1. The average Bonchev–Trinajstić information content (AvgIpc) is 3.30. The molecule has 7 nitrogen and oxygen atoms in total. The summed E-state index contributed by atoms with van der Waals surface area (Å²) in [5.41, 5.74) is 1.22. The Bertz CT molecular complexity index is 1090. The van der Waals surface area contributed by atoms with Gasteiger partial charge in [0.1, 0.15) is 0 Å². The predicted octanol–water partition coefficient (Wildman–Crippen LogP) is 4.32. The fraction of sp³-hybridized carbons (Fsp3) is 0.222. The molecular formula is C18H16ClN5O2. The Morgan fingerprint density at radius 1 is 1.31 bits per heavy atom. The maximum atomic E-state index is 12.2. The standard InChI is InChI=1S/C18H16ClN5O2/c1-2-3-6-15(25)21-18-20-13-8-7-11(19)10-12(13)17-22-16(23-24(17)18)14-5-4-9-26-14/h4-5,7-10H,2-3,6H2,1H3,(H,20,21,25). The van der Waals surface area contributed by atoms with Crippen molar-refractivity contribution in [1.82, 2.24) is 19.6 Å². The lowest BCUT2D eigenvalue weighted by molar-refractivity contribution is -0.116. The van der Waals surface area contributed by atoms with Crippen LogP contribution in [0.3, 0.4) is 0 Å². The number of nitrogens with zero attached hydrogens (tertiary/aromatic N) is 4. The Morgan fingerprint density at radius 3 is 2.96 bits per heavy atom. The second kappa shape index (κ2) is 6.76. The number of carbonyl (C=O) groups excluding carboxylic acids is 1. The molecule has 0 atom stereocenters. The van der Waals surface area contributed by atoms with E-state index in [1.54, 1.807) is 36.6 Å². The topological polar surface area (TPSA) is 85.3 Å². The quantitative estimate of drug-likeness (QED) is 0.566. The fourth-order valence-electron chi connectivity index (χ4n) is 2.70. The van der Waals surface area contributed by atoms with Crippen LogP contribution >= 0.6 is 11.6 Å². The van der Waals surface area contributed by atoms with E-state index in [4.69, 9.17) is 16.0 Å². The molecule has 1 amide bonds. The van der Waals surface area contributed by atoms with Gasteiger partial charge in [0.05, 0.1) is 11.8 Å². The number of halogens is 1. The molecule has 0 spiro atoms. The van der Waals surface area contributed by atoms with Gasteiger partial charge in [-0.1, -0.05) is 24.9 Å². The molecule has 1 N–H and O–H groups in total. The number of furan rings is 1. The molecule has 0 saturated heterocycles. The number of unbranched alkanes of at least 4 members (excludes halogenated alkanes) is 1. The zero-order valence-corrected chi connectivity index (χ0v) is 14.8. The Balaban J connectivity index is 1.89. The van der Waals surface area contributed by atoms with E-state index in [1.807, 2.05) is 6.92 Å². The Hall–Kier alpha value is -2.93. The summed E-state index contributed by atoms with van der Waals surface area (Å²) in [6, 6.07) is 8.86. The van der Waals surface area contributed by atoms with Gasteiger partial charge in [0.15, 0.2) is 11.4 Å². The molecule has 0 radical (unpaired) electrons. The Morgan fingerprint density at radius 2 is 2.19 bits per heavy atom. The van der Waals surface area contributed by atoms with E-state index in [0.717, 1.165) is 18.2 Å². The van der Waals surface area contributed by atoms with Gasteiger partial charge in [-0.3, -0.25) is 10.1 Å². The van der Waals surface area contributed by atoms with Crippen LogP contribution in [0.25, 0.3) is 28.1 Å². The number of hydrogen-bond donors (Lipinski definition) is 1. The second-order valence-corrected chi connectivity index (χ2v) is 6.33. The number of carbonyl (C=O) groups is 1. The lowest BCUT2D eigenvalue weighted by atomic mass is 10.2. The van der Waals surface area contributed by atoms with E-state index < -0.39 is 0 Å². The first-order valence-electron chi connectivity index (χ1n) is 8.35. The zero-order valence-electron chi connectivity index (χ0n) is 14.1. The average molecular weight is 370 g/mol. The van der Waals surface area contributed by atoms with Gasteiger partial charge in [-0.15, -0.1) is 5.10 Å². The summed E-state index contributed by atoms with van der Waals surface area (Å²) >= 11 is 6.13. The summed E-state index contributed by atoms with van der Waals surface area (Å²) in [6.07, 6.45) is 3.74. The largest absolute Gasteiger partial charge is 0.461 e. The summed E-state index contributed by atoms with van der Waals surface area (Å²) in [4.78, 5) is 21.3. The Kier molecular flexibility index (Phi) is 4.30. The van der Waals surface area contributed by atoms with Crippen molar-refractivity contribution in [2.75, 3.05) is 5.32 Å². The summed E-state index contributed by atoms with van der Waals surface area (Å²) in [6.45, 7) is 2.04. The molecule has 0 aliphatic carbocycles. The van der Waals surface area contributed by atoms with Crippen molar-refractivity contribution in [1.29, 1.82) is 0 Å². The van der Waals surface area contributed by atoms with Crippen LogP contribution in [0, 0.1) is 0 Å². The minimum atomic E-state index is -0.107. The Labute approximate surface area is 154 Å². The molecular weight excluding hydrogens is 354 g/mol. The van der Waals surface area contributed by atoms with Crippen LogP contribution in [0.4, 0.5) is 5.95 Å². The normalized spacial score (nSPS) is 11.3. The third kappa shape index (κ3) is 3.01. The van der Waals surface area contributed by atoms with E-state index >= 15 is 0 Å². The van der Waals surface area contributed by atoms with Crippen molar-refractivity contribution in [2.24, 2.45) is 0 Å². The number of aromatic nitrogens is 4. The molecule has 132 valence electrons. The van der Waals surface area contributed by atoms with E-state index in [-0.39, 0.29) is 5.91 Å². The summed E-state index contributed by atoms with van der Waals surface area (Å²) in [7, 11) is 0. The first-order valence-corrected chi connectivity index (χ1v) is 8.73. The highest BCUT2D eigenvalue weighted by molar-refractivity contribution is 6.31. The van der Waals surface area contributed by atoms with Crippen LogP contribution in [0.15, 0.2) is 41.0 Å². The van der Waals surface area contributed by atoms with Crippen LogP contribution in [0.1, 0.15) is 26.2 Å². The van der Waals surface area contributed by atoms with Gasteiger partial charge in [-0.2, -0.15) is 4.52 Å². The van der Waals surface area contributed by atoms with E-state index in [0.29, 0.717) is 40.1 Å². The fourth-order valence-corrected chi connectivity index (χ4v) is 2.87. The first kappa shape index (κ1) is 16.5. The molecule has 1 aromatic carbocycles. The smallest absolute Gasteiger partial charge is 0.233 e. The molecule has 4 rings (SSSR count). The minimum Gasteiger partial charge on any atom is -0.461 e. The van der Waals surface area contributed by atoms with Gasteiger partial charge >= 0.3 is 0 Å². The molecule has 4 aromatic rings. The SMILES string of the molecule is CCCCC(=O)Nc1nc2ccc(Cl)cc2c2nc(-c3ccco3)nn12. The van der Waals surface area contributed by atoms with E-state index in [2.05, 4.69) is 20.4 Å². The highest BCUT2D eigenvalue weighted by Crippen LogP contribution is 2.26. The zero-order chi connectivity index (χ0) is 18.1. The second-order valence-electron chi connectivity index (χ2n) is 5.90. The number of amides is 1. The van der Waals surface area contributed by atoms with Crippen molar-refractivity contribution < 1.29 is 9.21 Å². The molecule has 26 heavy (non-hydrogen) atoms. The monoisotopic (exact) mass is 369 g/mol. The van der Waals surface area contributed by atoms with Gasteiger partial charge in [0, 0.05) is 16.8 Å².